The fourth-order valence-electron chi connectivity index (χ4n) is 9.20. The monoisotopic (exact) mass is 1360 g/mol. The van der Waals surface area contributed by atoms with Crippen molar-refractivity contribution >= 4 is 39.5 Å². The van der Waals surface area contributed by atoms with Gasteiger partial charge in [-0.1, -0.05) is 227 Å². The van der Waals surface area contributed by atoms with Gasteiger partial charge in [0.25, 0.3) is 0 Å². The molecule has 0 aliphatic rings. The fourth-order valence-corrected chi connectivity index (χ4v) is 10.8. The van der Waals surface area contributed by atoms with E-state index in [2.05, 4.69) is 137 Å². The minimum atomic E-state index is -4.98. The van der Waals surface area contributed by atoms with Crippen molar-refractivity contribution in [1.82, 2.24) is 0 Å². The van der Waals surface area contributed by atoms with Gasteiger partial charge in [-0.3, -0.25) is 37.3 Å². The van der Waals surface area contributed by atoms with Gasteiger partial charge >= 0.3 is 39.5 Å². The van der Waals surface area contributed by atoms with E-state index in [0.717, 1.165) is 167 Å². The molecular weight excluding hydrogens is 1230 g/mol. The lowest BCUT2D eigenvalue weighted by Gasteiger charge is -2.21. The molecule has 0 saturated heterocycles. The molecule has 0 aliphatic heterocycles. The maximum atomic E-state index is 13.0. The molecule has 0 aromatic carbocycles. The van der Waals surface area contributed by atoms with Crippen molar-refractivity contribution in [2.45, 2.75) is 303 Å². The number of unbranched alkanes of at least 4 members (excludes halogenated alkanes) is 23. The Morgan fingerprint density at radius 3 is 0.915 bits per heavy atom. The number of hydrogen-bond acceptors (Lipinski definition) is 15. The standard InChI is InChI=1S/C75H128O17P2/c1-5-9-13-17-21-25-29-32-34-37-40-43-47-51-55-59-72(77)85-65-70(91-74(79)61-57-53-49-45-39-28-24-20-16-12-8-4)67-89-93(81,82)87-63-69(76)64-88-94(83,84)90-68-71(92-75(80)62-58-54-50-46-42-36-31-27-23-19-15-11-7-3)66-86-73(78)60-56-52-48-44-41-38-35-33-30-26-22-18-14-10-6-2/h9-10,13-14,20-22,24-27,31-35,41,44,69-71,76H,5-8,11-12,15-19,23,28-30,36-40,42-43,45-68H2,1-4H3,(H,81,82)(H,83,84)/b13-9-,14-10-,24-20-,25-21-,26-22-,31-27-,34-32-,35-33-,44-41-. The zero-order valence-corrected chi connectivity index (χ0v) is 60.4. The van der Waals surface area contributed by atoms with Crippen LogP contribution in [0, 0.1) is 0 Å². The Hall–Kier alpha value is -4.28. The Morgan fingerprint density at radius 2 is 0.564 bits per heavy atom. The molecule has 0 bridgehead atoms. The highest BCUT2D eigenvalue weighted by Crippen LogP contribution is 2.45. The third kappa shape index (κ3) is 66.3. The molecule has 0 saturated carbocycles. The number of phosphoric ester groups is 2. The largest absolute Gasteiger partial charge is 0.472 e. The van der Waals surface area contributed by atoms with Crippen molar-refractivity contribution in [3.05, 3.63) is 109 Å². The van der Waals surface area contributed by atoms with Gasteiger partial charge in [0.2, 0.25) is 0 Å². The number of aliphatic hydroxyl groups excluding tert-OH is 1. The lowest BCUT2D eigenvalue weighted by Crippen LogP contribution is -2.30. The molecule has 0 amide bonds. The average molecular weight is 1360 g/mol. The summed E-state index contributed by atoms with van der Waals surface area (Å²) in [4.78, 5) is 72.6. The molecule has 0 rings (SSSR count). The van der Waals surface area contributed by atoms with E-state index in [-0.39, 0.29) is 25.7 Å². The number of carbonyl (C=O) groups is 4. The number of rotatable bonds is 67. The molecule has 0 fully saturated rings. The first-order chi connectivity index (χ1) is 45.7. The molecule has 3 N–H and O–H groups in total. The van der Waals surface area contributed by atoms with Crippen molar-refractivity contribution in [1.29, 1.82) is 0 Å². The van der Waals surface area contributed by atoms with Crippen LogP contribution in [0.1, 0.15) is 285 Å². The van der Waals surface area contributed by atoms with Gasteiger partial charge in [-0.2, -0.15) is 0 Å². The first-order valence-corrected chi connectivity index (χ1v) is 39.1. The maximum Gasteiger partial charge on any atom is 0.472 e. The predicted molar refractivity (Wildman–Crippen MR) is 381 cm³/mol. The SMILES string of the molecule is CC/C=C\C/C=C\C/C=C\C/C=C\CCCCC(=O)OCC(COP(=O)(O)OCC(O)COP(=O)(O)OCC(COC(=O)CCCCCCC/C=C\C/C=C\C/C=C\CC)OC(=O)CCCCCCC/C=C\CCCC)OC(=O)CCCCCCC/C=C\CCCCCC. The molecule has 5 unspecified atom stereocenters. The van der Waals surface area contributed by atoms with Crippen molar-refractivity contribution < 1.29 is 80.2 Å². The van der Waals surface area contributed by atoms with Crippen molar-refractivity contribution in [3.63, 3.8) is 0 Å². The minimum Gasteiger partial charge on any atom is -0.462 e. The van der Waals surface area contributed by atoms with E-state index < -0.39 is 97.5 Å². The molecular formula is C75H128O17P2. The summed E-state index contributed by atoms with van der Waals surface area (Å²) in [7, 11) is -9.96. The second-order valence-electron chi connectivity index (χ2n) is 23.8. The number of ether oxygens (including phenoxy) is 4. The third-order valence-corrected chi connectivity index (χ3v) is 16.6. The molecule has 540 valence electrons. The van der Waals surface area contributed by atoms with Crippen molar-refractivity contribution in [3.8, 4) is 0 Å². The van der Waals surface area contributed by atoms with Gasteiger partial charge in [0.15, 0.2) is 12.2 Å². The van der Waals surface area contributed by atoms with Crippen molar-refractivity contribution in [2.75, 3.05) is 39.6 Å². The second-order valence-corrected chi connectivity index (χ2v) is 26.7. The van der Waals surface area contributed by atoms with Crippen LogP contribution in [0.15, 0.2) is 109 Å². The Kier molecular flexibility index (Phi) is 64.2. The lowest BCUT2D eigenvalue weighted by atomic mass is 10.1. The first kappa shape index (κ1) is 89.7. The third-order valence-electron chi connectivity index (χ3n) is 14.7. The van der Waals surface area contributed by atoms with Crippen LogP contribution in [0.2, 0.25) is 0 Å². The summed E-state index contributed by atoms with van der Waals surface area (Å²) in [6.45, 7) is 4.49. The molecule has 0 aliphatic carbocycles. The molecule has 0 aromatic heterocycles. The van der Waals surface area contributed by atoms with E-state index in [4.69, 9.17) is 37.0 Å². The van der Waals surface area contributed by atoms with Gasteiger partial charge in [0, 0.05) is 25.7 Å². The Bertz CT molecular complexity index is 2220. The highest BCUT2D eigenvalue weighted by atomic mass is 31.2. The summed E-state index contributed by atoms with van der Waals surface area (Å²) in [5, 5.41) is 10.6. The van der Waals surface area contributed by atoms with Crippen molar-refractivity contribution in [2.24, 2.45) is 0 Å². The molecule has 0 aromatic rings. The van der Waals surface area contributed by atoms with E-state index in [9.17, 15) is 43.2 Å². The predicted octanol–water partition coefficient (Wildman–Crippen LogP) is 20.2. The van der Waals surface area contributed by atoms with E-state index in [1.165, 1.54) is 38.5 Å². The quantitative estimate of drug-likeness (QED) is 0.0169. The number of hydrogen-bond donors (Lipinski definition) is 3. The second kappa shape index (κ2) is 67.3. The summed E-state index contributed by atoms with van der Waals surface area (Å²) in [6.07, 6.45) is 69.6. The molecule has 94 heavy (non-hydrogen) atoms. The molecule has 19 heteroatoms. The van der Waals surface area contributed by atoms with Crippen LogP contribution in [0.5, 0.6) is 0 Å². The van der Waals surface area contributed by atoms with Gasteiger partial charge in [-0.05, 0) is 141 Å². The number of phosphoric acid groups is 2. The zero-order chi connectivity index (χ0) is 69.0. The Labute approximate surface area is 569 Å². The number of carbonyl (C=O) groups excluding carboxylic acids is 4. The average Bonchev–Trinajstić information content (AvgIpc) is 1.55. The van der Waals surface area contributed by atoms with Crippen LogP contribution >= 0.6 is 15.6 Å². The Balaban J connectivity index is 5.37. The summed E-state index contributed by atoms with van der Waals surface area (Å²) in [5.74, 6) is -2.26. The van der Waals surface area contributed by atoms with Gasteiger partial charge in [-0.25, -0.2) is 9.13 Å². The smallest absolute Gasteiger partial charge is 0.462 e. The van der Waals surface area contributed by atoms with Gasteiger partial charge in [0.05, 0.1) is 26.4 Å². The van der Waals surface area contributed by atoms with E-state index >= 15 is 0 Å². The van der Waals surface area contributed by atoms with Gasteiger partial charge in [-0.15, -0.1) is 0 Å². The molecule has 17 nitrogen and oxygen atoms in total. The normalized spacial score (nSPS) is 14.7. The number of allylic oxidation sites excluding steroid dienone is 18. The van der Waals surface area contributed by atoms with Crippen LogP contribution in [0.25, 0.3) is 0 Å². The van der Waals surface area contributed by atoms with Crippen LogP contribution in [0.3, 0.4) is 0 Å². The molecule has 0 spiro atoms. The van der Waals surface area contributed by atoms with Crippen LogP contribution in [-0.4, -0.2) is 96.7 Å². The summed E-state index contributed by atoms with van der Waals surface area (Å²) < 4.78 is 68.2. The Morgan fingerprint density at radius 1 is 0.309 bits per heavy atom. The molecule has 0 heterocycles. The summed E-state index contributed by atoms with van der Waals surface area (Å²) in [6, 6.07) is 0. The van der Waals surface area contributed by atoms with Gasteiger partial charge < -0.3 is 33.8 Å². The highest BCUT2D eigenvalue weighted by Gasteiger charge is 2.30. The first-order valence-electron chi connectivity index (χ1n) is 36.1. The van der Waals surface area contributed by atoms with E-state index in [1.54, 1.807) is 0 Å². The lowest BCUT2D eigenvalue weighted by molar-refractivity contribution is -0.161. The summed E-state index contributed by atoms with van der Waals surface area (Å²) >= 11 is 0. The van der Waals surface area contributed by atoms with Crippen LogP contribution < -0.4 is 0 Å². The number of aliphatic hydroxyl groups is 1. The topological polar surface area (TPSA) is 237 Å². The van der Waals surface area contributed by atoms with Crippen LogP contribution in [0.4, 0.5) is 0 Å². The van der Waals surface area contributed by atoms with E-state index in [1.807, 2.05) is 0 Å². The zero-order valence-electron chi connectivity index (χ0n) is 58.6. The van der Waals surface area contributed by atoms with E-state index in [0.29, 0.717) is 25.7 Å². The van der Waals surface area contributed by atoms with Gasteiger partial charge in [0.1, 0.15) is 19.3 Å². The summed E-state index contributed by atoms with van der Waals surface area (Å²) in [5.41, 5.74) is 0. The highest BCUT2D eigenvalue weighted by molar-refractivity contribution is 7.47. The minimum absolute atomic E-state index is 0.0743. The molecule has 0 radical (unpaired) electrons. The maximum absolute atomic E-state index is 13.0. The molecule has 5 atom stereocenters. The van der Waals surface area contributed by atoms with Crippen LogP contribution in [-0.2, 0) is 65.4 Å². The fraction of sp³-hybridized carbons (Fsp3) is 0.707. The number of esters is 4.